The molecule has 1 aliphatic rings. The van der Waals surface area contributed by atoms with E-state index in [2.05, 4.69) is 27.6 Å². The van der Waals surface area contributed by atoms with E-state index >= 15 is 0 Å². The molecule has 1 aliphatic heterocycles. The first-order chi connectivity index (χ1) is 10.2. The van der Waals surface area contributed by atoms with Gasteiger partial charge in [-0.15, -0.1) is 0 Å². The zero-order valence-corrected chi connectivity index (χ0v) is 12.0. The van der Waals surface area contributed by atoms with Gasteiger partial charge in [-0.2, -0.15) is 5.10 Å². The largest absolute Gasteiger partial charge is 0.324 e. The Morgan fingerprint density at radius 1 is 1.48 bits per heavy atom. The Morgan fingerprint density at radius 3 is 3.05 bits per heavy atom. The highest BCUT2D eigenvalue weighted by atomic mass is 16.1. The molecule has 2 aromatic rings. The van der Waals surface area contributed by atoms with Crippen molar-refractivity contribution in [2.45, 2.75) is 25.8 Å². The minimum Gasteiger partial charge on any atom is -0.324 e. The van der Waals surface area contributed by atoms with Gasteiger partial charge in [0.25, 0.3) is 0 Å². The Hall–Kier alpha value is -2.21. The summed E-state index contributed by atoms with van der Waals surface area (Å²) in [5, 5.41) is 10.4. The number of anilines is 1. The number of hydrogen-bond donors (Lipinski definition) is 2. The molecule has 2 atom stereocenters. The first-order valence-electron chi connectivity index (χ1n) is 7.22. The average molecular weight is 285 g/mol. The van der Waals surface area contributed by atoms with E-state index in [0.717, 1.165) is 30.9 Å². The summed E-state index contributed by atoms with van der Waals surface area (Å²) in [5.74, 6) is 0.887. The van der Waals surface area contributed by atoms with E-state index in [9.17, 15) is 4.79 Å². The third-order valence-electron chi connectivity index (χ3n) is 3.75. The molecule has 2 N–H and O–H groups in total. The zero-order chi connectivity index (χ0) is 14.7. The fourth-order valence-electron chi connectivity index (χ4n) is 2.61. The van der Waals surface area contributed by atoms with Crippen LogP contribution in [0.1, 0.15) is 19.8 Å². The van der Waals surface area contributed by atoms with Crippen LogP contribution in [0, 0.1) is 5.92 Å². The highest BCUT2D eigenvalue weighted by Crippen LogP contribution is 2.18. The van der Waals surface area contributed by atoms with Crippen molar-refractivity contribution < 1.29 is 4.79 Å². The van der Waals surface area contributed by atoms with Gasteiger partial charge >= 0.3 is 0 Å². The molecular weight excluding hydrogens is 266 g/mol. The molecule has 2 aromatic heterocycles. The van der Waals surface area contributed by atoms with Crippen molar-refractivity contribution in [3.63, 3.8) is 0 Å². The highest BCUT2D eigenvalue weighted by Gasteiger charge is 2.24. The molecule has 0 aromatic carbocycles. The van der Waals surface area contributed by atoms with Gasteiger partial charge in [0.05, 0.1) is 11.9 Å². The predicted octanol–water partition coefficient (Wildman–Crippen LogP) is 1.59. The first-order valence-corrected chi connectivity index (χ1v) is 7.22. The molecule has 1 fully saturated rings. The number of rotatable bonds is 3. The maximum atomic E-state index is 12.2. The number of pyridine rings is 1. The van der Waals surface area contributed by atoms with E-state index in [4.69, 9.17) is 0 Å². The minimum atomic E-state index is 0.0760. The van der Waals surface area contributed by atoms with Gasteiger partial charge in [0.1, 0.15) is 0 Å². The predicted molar refractivity (Wildman–Crippen MR) is 80.2 cm³/mol. The lowest BCUT2D eigenvalue weighted by molar-refractivity contribution is -0.120. The van der Waals surface area contributed by atoms with E-state index in [0.29, 0.717) is 6.04 Å². The molecular formula is C15H19N5O. The standard InChI is InChI=1S/C15H19N5O/c1-11-9-12(5-7-16-11)15(21)19-13-3-4-14(17-10-13)20-8-2-6-18-20/h2-4,6,8,10-12,16H,5,7,9H2,1H3,(H,19,21)/t11-,12-/m0/s1. The van der Waals surface area contributed by atoms with Crippen LogP contribution in [0.2, 0.25) is 0 Å². The molecule has 0 radical (unpaired) electrons. The Kier molecular flexibility index (Phi) is 3.96. The van der Waals surface area contributed by atoms with E-state index in [1.54, 1.807) is 17.1 Å². The molecule has 1 amide bonds. The number of carbonyl (C=O) groups excluding carboxylic acids is 1. The van der Waals surface area contributed by atoms with Gasteiger partial charge in [-0.3, -0.25) is 4.79 Å². The summed E-state index contributed by atoms with van der Waals surface area (Å²) >= 11 is 0. The second-order valence-electron chi connectivity index (χ2n) is 5.42. The van der Waals surface area contributed by atoms with Crippen LogP contribution in [0.15, 0.2) is 36.8 Å². The van der Waals surface area contributed by atoms with Gasteiger partial charge in [0.15, 0.2) is 5.82 Å². The van der Waals surface area contributed by atoms with Crippen molar-refractivity contribution in [1.82, 2.24) is 20.1 Å². The van der Waals surface area contributed by atoms with Crippen LogP contribution in [0.3, 0.4) is 0 Å². The van der Waals surface area contributed by atoms with E-state index in [1.165, 1.54) is 0 Å². The van der Waals surface area contributed by atoms with Crippen molar-refractivity contribution in [3.05, 3.63) is 36.8 Å². The van der Waals surface area contributed by atoms with Gasteiger partial charge in [0, 0.05) is 24.4 Å². The summed E-state index contributed by atoms with van der Waals surface area (Å²) in [6.07, 6.45) is 6.96. The molecule has 3 rings (SSSR count). The number of carbonyl (C=O) groups is 1. The zero-order valence-electron chi connectivity index (χ0n) is 12.0. The number of hydrogen-bond acceptors (Lipinski definition) is 4. The Morgan fingerprint density at radius 2 is 2.38 bits per heavy atom. The van der Waals surface area contributed by atoms with Crippen LogP contribution in [0.5, 0.6) is 0 Å². The summed E-state index contributed by atoms with van der Waals surface area (Å²) in [6.45, 7) is 3.01. The topological polar surface area (TPSA) is 71.8 Å². The van der Waals surface area contributed by atoms with Gasteiger partial charge in [-0.05, 0) is 44.5 Å². The van der Waals surface area contributed by atoms with E-state index in [1.807, 2.05) is 24.4 Å². The summed E-state index contributed by atoms with van der Waals surface area (Å²) in [5.41, 5.74) is 0.724. The maximum Gasteiger partial charge on any atom is 0.227 e. The quantitative estimate of drug-likeness (QED) is 0.898. The lowest BCUT2D eigenvalue weighted by atomic mass is 9.92. The first kappa shape index (κ1) is 13.8. The maximum absolute atomic E-state index is 12.2. The molecule has 0 unspecified atom stereocenters. The minimum absolute atomic E-state index is 0.0760. The number of aromatic nitrogens is 3. The smallest absolute Gasteiger partial charge is 0.227 e. The molecule has 0 saturated carbocycles. The number of nitrogens with one attached hydrogen (secondary N) is 2. The molecule has 1 saturated heterocycles. The molecule has 3 heterocycles. The number of amides is 1. The summed E-state index contributed by atoms with van der Waals surface area (Å²) < 4.78 is 1.68. The van der Waals surface area contributed by atoms with E-state index in [-0.39, 0.29) is 11.8 Å². The van der Waals surface area contributed by atoms with Crippen molar-refractivity contribution in [2.75, 3.05) is 11.9 Å². The molecule has 0 aliphatic carbocycles. The lowest BCUT2D eigenvalue weighted by Crippen LogP contribution is -2.40. The SMILES string of the molecule is C[C@H]1C[C@@H](C(=O)Nc2ccc(-n3cccn3)nc2)CCN1. The van der Waals surface area contributed by atoms with Gasteiger partial charge in [-0.25, -0.2) is 9.67 Å². The summed E-state index contributed by atoms with van der Waals surface area (Å²) in [4.78, 5) is 16.6. The fraction of sp³-hybridized carbons (Fsp3) is 0.400. The molecule has 0 bridgehead atoms. The highest BCUT2D eigenvalue weighted by molar-refractivity contribution is 5.92. The summed E-state index contributed by atoms with van der Waals surface area (Å²) in [6, 6.07) is 5.94. The average Bonchev–Trinajstić information content (AvgIpc) is 3.02. The molecule has 110 valence electrons. The second kappa shape index (κ2) is 6.05. The van der Waals surface area contributed by atoms with Crippen LogP contribution < -0.4 is 10.6 Å². The van der Waals surface area contributed by atoms with Crippen molar-refractivity contribution in [3.8, 4) is 5.82 Å². The molecule has 21 heavy (non-hydrogen) atoms. The lowest BCUT2D eigenvalue weighted by Gasteiger charge is -2.27. The fourth-order valence-corrected chi connectivity index (χ4v) is 2.61. The number of nitrogens with zero attached hydrogens (tertiary/aromatic N) is 3. The Bertz CT molecular complexity index is 593. The van der Waals surface area contributed by atoms with Crippen LogP contribution in [-0.2, 0) is 4.79 Å². The summed E-state index contributed by atoms with van der Waals surface area (Å²) in [7, 11) is 0. The van der Waals surface area contributed by atoms with E-state index < -0.39 is 0 Å². The molecule has 6 heteroatoms. The van der Waals surface area contributed by atoms with Gasteiger partial charge < -0.3 is 10.6 Å². The Balaban J connectivity index is 1.63. The Labute approximate surface area is 123 Å². The number of piperidine rings is 1. The van der Waals surface area contributed by atoms with Crippen molar-refractivity contribution in [2.24, 2.45) is 5.92 Å². The molecule has 6 nitrogen and oxygen atoms in total. The van der Waals surface area contributed by atoms with Crippen LogP contribution in [-0.4, -0.2) is 33.3 Å². The normalized spacial score (nSPS) is 22.0. The van der Waals surface area contributed by atoms with Crippen molar-refractivity contribution >= 4 is 11.6 Å². The second-order valence-corrected chi connectivity index (χ2v) is 5.42. The van der Waals surface area contributed by atoms with Crippen molar-refractivity contribution in [1.29, 1.82) is 0 Å². The van der Waals surface area contributed by atoms with Crippen LogP contribution in [0.4, 0.5) is 5.69 Å². The van der Waals surface area contributed by atoms with Crippen LogP contribution >= 0.6 is 0 Å². The third kappa shape index (κ3) is 3.28. The van der Waals surface area contributed by atoms with Crippen LogP contribution in [0.25, 0.3) is 5.82 Å². The van der Waals surface area contributed by atoms with Gasteiger partial charge in [0.2, 0.25) is 5.91 Å². The van der Waals surface area contributed by atoms with Gasteiger partial charge in [-0.1, -0.05) is 0 Å². The third-order valence-corrected chi connectivity index (χ3v) is 3.75. The molecule has 0 spiro atoms. The monoisotopic (exact) mass is 285 g/mol.